The number of carboxylic acids is 1. The Morgan fingerprint density at radius 2 is 1.92 bits per heavy atom. The third kappa shape index (κ3) is 4.07. The van der Waals surface area contributed by atoms with Crippen molar-refractivity contribution in [2.45, 2.75) is 0 Å². The van der Waals surface area contributed by atoms with Crippen LogP contribution < -0.4 is 5.43 Å². The van der Waals surface area contributed by atoms with Gasteiger partial charge in [-0.1, -0.05) is 24.3 Å². The van der Waals surface area contributed by atoms with Gasteiger partial charge in [-0.05, 0) is 29.8 Å². The first-order valence-corrected chi connectivity index (χ1v) is 8.12. The lowest BCUT2D eigenvalue weighted by Gasteiger charge is -1.97. The van der Waals surface area contributed by atoms with Crippen molar-refractivity contribution in [2.24, 2.45) is 5.10 Å². The van der Waals surface area contributed by atoms with Crippen LogP contribution >= 0.6 is 11.3 Å². The average molecular weight is 348 g/mol. The van der Waals surface area contributed by atoms with Crippen molar-refractivity contribution in [3.63, 3.8) is 0 Å². The van der Waals surface area contributed by atoms with E-state index in [0.29, 0.717) is 10.7 Å². The molecule has 0 saturated carbocycles. The highest BCUT2D eigenvalue weighted by Crippen LogP contribution is 2.25. The monoisotopic (exact) mass is 348 g/mol. The summed E-state index contributed by atoms with van der Waals surface area (Å²) in [6, 6.07) is 15.7. The Morgan fingerprint density at radius 3 is 2.56 bits per heavy atom. The number of nitriles is 1. The first-order chi connectivity index (χ1) is 12.2. The first kappa shape index (κ1) is 16.4. The number of hydrazone groups is 1. The van der Waals surface area contributed by atoms with Crippen LogP contribution in [0.3, 0.4) is 0 Å². The topological polar surface area (TPSA) is 98.4 Å². The van der Waals surface area contributed by atoms with E-state index in [1.807, 2.05) is 17.5 Å². The molecular weight excluding hydrogens is 336 g/mol. The Bertz CT molecular complexity index is 954. The van der Waals surface area contributed by atoms with E-state index >= 15 is 0 Å². The molecular formula is C18H12N4O2S. The van der Waals surface area contributed by atoms with Gasteiger partial charge in [0, 0.05) is 10.9 Å². The molecule has 7 heteroatoms. The number of thiazole rings is 1. The molecule has 0 bridgehead atoms. The second-order valence-corrected chi connectivity index (χ2v) is 5.88. The third-order valence-corrected chi connectivity index (χ3v) is 4.09. The molecule has 0 aliphatic carbocycles. The van der Waals surface area contributed by atoms with E-state index in [4.69, 9.17) is 10.4 Å². The fourth-order valence-corrected chi connectivity index (χ4v) is 2.72. The molecule has 0 radical (unpaired) electrons. The van der Waals surface area contributed by atoms with Crippen molar-refractivity contribution in [1.29, 1.82) is 5.26 Å². The van der Waals surface area contributed by atoms with E-state index in [-0.39, 0.29) is 5.56 Å². The van der Waals surface area contributed by atoms with Gasteiger partial charge in [0.1, 0.15) is 0 Å². The fraction of sp³-hybridized carbons (Fsp3) is 0. The molecule has 0 aliphatic rings. The zero-order valence-corrected chi connectivity index (χ0v) is 13.7. The maximum Gasteiger partial charge on any atom is 0.335 e. The largest absolute Gasteiger partial charge is 0.478 e. The summed E-state index contributed by atoms with van der Waals surface area (Å²) < 4.78 is 0. The Morgan fingerprint density at radius 1 is 1.20 bits per heavy atom. The van der Waals surface area contributed by atoms with E-state index in [1.165, 1.54) is 23.5 Å². The van der Waals surface area contributed by atoms with Crippen molar-refractivity contribution in [2.75, 3.05) is 5.43 Å². The zero-order chi connectivity index (χ0) is 17.6. The molecule has 0 saturated heterocycles. The van der Waals surface area contributed by atoms with Crippen LogP contribution in [-0.2, 0) is 0 Å². The van der Waals surface area contributed by atoms with E-state index in [0.717, 1.165) is 16.8 Å². The van der Waals surface area contributed by atoms with Crippen LogP contribution in [0.15, 0.2) is 59.0 Å². The molecule has 3 rings (SSSR count). The second-order valence-electron chi connectivity index (χ2n) is 5.02. The summed E-state index contributed by atoms with van der Waals surface area (Å²) in [5.41, 5.74) is 6.20. The maximum atomic E-state index is 10.8. The van der Waals surface area contributed by atoms with Crippen LogP contribution in [0.5, 0.6) is 0 Å². The van der Waals surface area contributed by atoms with E-state index in [1.54, 1.807) is 30.5 Å². The van der Waals surface area contributed by atoms with Crippen LogP contribution in [0.4, 0.5) is 5.13 Å². The number of nitrogens with one attached hydrogen (secondary N) is 1. The van der Waals surface area contributed by atoms with Gasteiger partial charge in [0.15, 0.2) is 0 Å². The summed E-state index contributed by atoms with van der Waals surface area (Å²) in [5, 5.41) is 24.3. The molecule has 0 amide bonds. The van der Waals surface area contributed by atoms with Gasteiger partial charge in [0.25, 0.3) is 0 Å². The Labute approximate surface area is 147 Å². The Hall–Kier alpha value is -3.50. The minimum atomic E-state index is -0.959. The number of aromatic nitrogens is 1. The van der Waals surface area contributed by atoms with Crippen molar-refractivity contribution in [1.82, 2.24) is 4.98 Å². The number of rotatable bonds is 5. The van der Waals surface area contributed by atoms with Crippen molar-refractivity contribution in [3.8, 4) is 17.3 Å². The average Bonchev–Trinajstić information content (AvgIpc) is 3.11. The van der Waals surface area contributed by atoms with Gasteiger partial charge in [-0.3, -0.25) is 5.43 Å². The smallest absolute Gasteiger partial charge is 0.335 e. The number of anilines is 1. The fourth-order valence-electron chi connectivity index (χ4n) is 2.05. The van der Waals surface area contributed by atoms with Crippen LogP contribution in [0.25, 0.3) is 11.3 Å². The van der Waals surface area contributed by atoms with Crippen molar-refractivity contribution < 1.29 is 9.90 Å². The SMILES string of the molecule is N#Cc1ccc(-c2csc(N/N=C/c3ccc(C(=O)O)cc3)n2)cc1. The number of nitrogens with zero attached hydrogens (tertiary/aromatic N) is 3. The van der Waals surface area contributed by atoms with Gasteiger partial charge in [0.2, 0.25) is 5.13 Å². The summed E-state index contributed by atoms with van der Waals surface area (Å²) in [6.45, 7) is 0. The molecule has 3 aromatic rings. The molecule has 25 heavy (non-hydrogen) atoms. The highest BCUT2D eigenvalue weighted by molar-refractivity contribution is 7.14. The quantitative estimate of drug-likeness (QED) is 0.539. The van der Waals surface area contributed by atoms with E-state index < -0.39 is 5.97 Å². The Balaban J connectivity index is 1.65. The maximum absolute atomic E-state index is 10.8. The lowest BCUT2D eigenvalue weighted by molar-refractivity contribution is 0.0697. The molecule has 0 atom stereocenters. The predicted molar refractivity (Wildman–Crippen MR) is 96.9 cm³/mol. The van der Waals surface area contributed by atoms with Gasteiger partial charge in [-0.15, -0.1) is 11.3 Å². The number of hydrogen-bond acceptors (Lipinski definition) is 6. The summed E-state index contributed by atoms with van der Waals surface area (Å²) in [5.74, 6) is -0.959. The van der Waals surface area contributed by atoms with Gasteiger partial charge in [-0.2, -0.15) is 10.4 Å². The van der Waals surface area contributed by atoms with Gasteiger partial charge >= 0.3 is 5.97 Å². The van der Waals surface area contributed by atoms with E-state index in [9.17, 15) is 4.79 Å². The lowest BCUT2D eigenvalue weighted by atomic mass is 10.1. The number of carboxylic acid groups (broad SMARTS) is 1. The molecule has 0 unspecified atom stereocenters. The Kier molecular flexibility index (Phi) is 4.83. The van der Waals surface area contributed by atoms with E-state index in [2.05, 4.69) is 21.6 Å². The molecule has 0 aliphatic heterocycles. The van der Waals surface area contributed by atoms with Gasteiger partial charge in [0.05, 0.1) is 29.1 Å². The summed E-state index contributed by atoms with van der Waals surface area (Å²) >= 11 is 1.42. The molecule has 1 heterocycles. The minimum Gasteiger partial charge on any atom is -0.478 e. The normalized spacial score (nSPS) is 10.5. The standard InChI is InChI=1S/C18H12N4O2S/c19-9-12-1-5-14(6-2-12)16-11-25-18(21-16)22-20-10-13-3-7-15(8-4-13)17(23)24/h1-8,10-11H,(H,21,22)(H,23,24)/b20-10+. The molecule has 1 aromatic heterocycles. The van der Waals surface area contributed by atoms with Crippen molar-refractivity contribution >= 4 is 28.7 Å². The lowest BCUT2D eigenvalue weighted by Crippen LogP contribution is -1.96. The first-order valence-electron chi connectivity index (χ1n) is 7.24. The molecule has 2 N–H and O–H groups in total. The van der Waals surface area contributed by atoms with Crippen LogP contribution in [0, 0.1) is 11.3 Å². The number of hydrogen-bond donors (Lipinski definition) is 2. The van der Waals surface area contributed by atoms with Crippen LogP contribution in [0.2, 0.25) is 0 Å². The molecule has 6 nitrogen and oxygen atoms in total. The summed E-state index contributed by atoms with van der Waals surface area (Å²) in [7, 11) is 0. The number of aromatic carboxylic acids is 1. The number of benzene rings is 2. The molecule has 0 spiro atoms. The molecule has 2 aromatic carbocycles. The zero-order valence-electron chi connectivity index (χ0n) is 12.9. The molecule has 0 fully saturated rings. The van der Waals surface area contributed by atoms with Crippen molar-refractivity contribution in [3.05, 3.63) is 70.6 Å². The van der Waals surface area contributed by atoms with Gasteiger partial charge < -0.3 is 5.11 Å². The minimum absolute atomic E-state index is 0.233. The highest BCUT2D eigenvalue weighted by Gasteiger charge is 2.04. The summed E-state index contributed by atoms with van der Waals surface area (Å²) in [6.07, 6.45) is 1.59. The summed E-state index contributed by atoms with van der Waals surface area (Å²) in [4.78, 5) is 15.2. The predicted octanol–water partition coefficient (Wildman–Crippen LogP) is 3.83. The number of carbonyl (C=O) groups is 1. The van der Waals surface area contributed by atoms with Gasteiger partial charge in [-0.25, -0.2) is 9.78 Å². The second kappa shape index (κ2) is 7.38. The van der Waals surface area contributed by atoms with Crippen LogP contribution in [-0.4, -0.2) is 22.3 Å². The molecule has 122 valence electrons. The highest BCUT2D eigenvalue weighted by atomic mass is 32.1. The van der Waals surface area contributed by atoms with Crippen LogP contribution in [0.1, 0.15) is 21.5 Å². The third-order valence-electron chi connectivity index (χ3n) is 3.35.